The molecule has 0 aromatic heterocycles. The lowest BCUT2D eigenvalue weighted by atomic mass is 9.86. The number of ether oxygens (including phenoxy) is 2. The van der Waals surface area contributed by atoms with Gasteiger partial charge in [0.2, 0.25) is 0 Å². The number of alkyl halides is 3. The maximum Gasteiger partial charge on any atom is 0.416 e. The largest absolute Gasteiger partial charge is 0.493 e. The average molecular weight is 476 g/mol. The summed E-state index contributed by atoms with van der Waals surface area (Å²) >= 11 is 6.08. The van der Waals surface area contributed by atoms with Gasteiger partial charge in [0.1, 0.15) is 0 Å². The van der Waals surface area contributed by atoms with Crippen molar-refractivity contribution in [3.63, 3.8) is 0 Å². The van der Waals surface area contributed by atoms with E-state index >= 15 is 0 Å². The molecule has 1 amide bonds. The van der Waals surface area contributed by atoms with Crippen LogP contribution in [0.1, 0.15) is 38.7 Å². The van der Waals surface area contributed by atoms with Gasteiger partial charge in [0.05, 0.1) is 25.8 Å². The van der Waals surface area contributed by atoms with Crippen LogP contribution in [0.5, 0.6) is 11.5 Å². The van der Waals surface area contributed by atoms with Crippen LogP contribution < -0.4 is 9.47 Å². The Hall–Kier alpha value is -3.19. The smallest absolute Gasteiger partial charge is 0.416 e. The Morgan fingerprint density at radius 3 is 2.36 bits per heavy atom. The zero-order valence-electron chi connectivity index (χ0n) is 17.9. The molecule has 4 nitrogen and oxygen atoms in total. The first-order valence-electron chi connectivity index (χ1n) is 10.2. The lowest BCUT2D eigenvalue weighted by molar-refractivity contribution is -0.137. The molecule has 3 aromatic carbocycles. The van der Waals surface area contributed by atoms with Crippen molar-refractivity contribution in [2.75, 3.05) is 20.8 Å². The number of rotatable bonds is 4. The highest BCUT2D eigenvalue weighted by molar-refractivity contribution is 6.30. The SMILES string of the molecule is COc1cc2c(cc1OC)[C@H](c1cccc(C(F)(F)F)c1)N(C(=O)c1cccc(Cl)c1)CC2. The van der Waals surface area contributed by atoms with Gasteiger partial charge in [0, 0.05) is 17.1 Å². The highest BCUT2D eigenvalue weighted by Crippen LogP contribution is 2.42. The van der Waals surface area contributed by atoms with Crippen LogP contribution in [0.4, 0.5) is 13.2 Å². The summed E-state index contributed by atoms with van der Waals surface area (Å²) in [5.41, 5.74) is 1.51. The summed E-state index contributed by atoms with van der Waals surface area (Å²) in [5, 5.41) is 0.403. The maximum absolute atomic E-state index is 13.5. The Morgan fingerprint density at radius 1 is 1.00 bits per heavy atom. The molecule has 172 valence electrons. The summed E-state index contributed by atoms with van der Waals surface area (Å²) in [6, 6.07) is 14.4. The molecule has 0 N–H and O–H groups in total. The summed E-state index contributed by atoms with van der Waals surface area (Å²) in [4.78, 5) is 15.1. The monoisotopic (exact) mass is 475 g/mol. The third kappa shape index (κ3) is 4.50. The number of fused-ring (bicyclic) bond motifs is 1. The molecule has 0 aliphatic carbocycles. The van der Waals surface area contributed by atoms with Gasteiger partial charge in [-0.3, -0.25) is 4.79 Å². The average Bonchev–Trinajstić information content (AvgIpc) is 2.81. The van der Waals surface area contributed by atoms with Crippen molar-refractivity contribution in [1.29, 1.82) is 0 Å². The van der Waals surface area contributed by atoms with Gasteiger partial charge in [0.15, 0.2) is 11.5 Å². The van der Waals surface area contributed by atoms with Gasteiger partial charge in [-0.2, -0.15) is 13.2 Å². The first-order valence-corrected chi connectivity index (χ1v) is 10.6. The number of nitrogens with zero attached hydrogens (tertiary/aromatic N) is 1. The molecule has 0 bridgehead atoms. The van der Waals surface area contributed by atoms with Gasteiger partial charge in [0.25, 0.3) is 5.91 Å². The Kier molecular flexibility index (Phi) is 6.26. The maximum atomic E-state index is 13.5. The van der Waals surface area contributed by atoms with E-state index in [4.69, 9.17) is 21.1 Å². The van der Waals surface area contributed by atoms with Crippen molar-refractivity contribution in [1.82, 2.24) is 4.90 Å². The van der Waals surface area contributed by atoms with E-state index in [2.05, 4.69) is 0 Å². The first-order chi connectivity index (χ1) is 15.7. The molecule has 33 heavy (non-hydrogen) atoms. The molecule has 0 fully saturated rings. The van der Waals surface area contributed by atoms with Crippen LogP contribution in [-0.4, -0.2) is 31.6 Å². The molecule has 1 aliphatic rings. The molecule has 4 rings (SSSR count). The fraction of sp³-hybridized carbons (Fsp3) is 0.240. The molecule has 1 atom stereocenters. The molecule has 0 saturated carbocycles. The molecule has 0 radical (unpaired) electrons. The van der Waals surface area contributed by atoms with Crippen LogP contribution >= 0.6 is 11.6 Å². The normalized spacial score (nSPS) is 15.7. The summed E-state index contributed by atoms with van der Waals surface area (Å²) in [7, 11) is 3.01. The number of hydrogen-bond donors (Lipinski definition) is 0. The Morgan fingerprint density at radius 2 is 1.70 bits per heavy atom. The Balaban J connectivity index is 1.89. The first kappa shape index (κ1) is 23.0. The van der Waals surface area contributed by atoms with E-state index in [1.165, 1.54) is 20.3 Å². The van der Waals surface area contributed by atoms with Crippen molar-refractivity contribution in [2.24, 2.45) is 0 Å². The highest BCUT2D eigenvalue weighted by atomic mass is 35.5. The van der Waals surface area contributed by atoms with Crippen molar-refractivity contribution in [3.8, 4) is 11.5 Å². The topological polar surface area (TPSA) is 38.8 Å². The molecule has 8 heteroatoms. The van der Waals surface area contributed by atoms with Crippen molar-refractivity contribution in [2.45, 2.75) is 18.6 Å². The fourth-order valence-corrected chi connectivity index (χ4v) is 4.39. The number of amides is 1. The van der Waals surface area contributed by atoms with Crippen molar-refractivity contribution < 1.29 is 27.4 Å². The zero-order chi connectivity index (χ0) is 23.8. The summed E-state index contributed by atoms with van der Waals surface area (Å²) < 4.78 is 51.3. The molecule has 0 saturated heterocycles. The second-order valence-electron chi connectivity index (χ2n) is 7.69. The molecular weight excluding hydrogens is 455 g/mol. The molecule has 3 aromatic rings. The summed E-state index contributed by atoms with van der Waals surface area (Å²) in [6.45, 7) is 0.314. The van der Waals surface area contributed by atoms with Gasteiger partial charge < -0.3 is 14.4 Å². The van der Waals surface area contributed by atoms with E-state index < -0.39 is 17.8 Å². The number of halogens is 4. The molecule has 0 spiro atoms. The number of hydrogen-bond acceptors (Lipinski definition) is 3. The molecule has 1 aliphatic heterocycles. The van der Waals surface area contributed by atoms with Crippen molar-refractivity contribution >= 4 is 17.5 Å². The molecule has 1 heterocycles. The minimum Gasteiger partial charge on any atom is -0.493 e. The van der Waals surface area contributed by atoms with Gasteiger partial charge in [-0.15, -0.1) is 0 Å². The minimum absolute atomic E-state index is 0.314. The predicted molar refractivity (Wildman–Crippen MR) is 119 cm³/mol. The standard InChI is InChI=1S/C25H21ClF3NO3/c1-32-21-13-15-9-10-30(24(31)17-6-4-8-19(26)12-17)23(20(15)14-22(21)33-2)16-5-3-7-18(11-16)25(27,28)29/h3-8,11-14,23H,9-10H2,1-2H3/t23-/m0/s1. The van der Waals surface area contributed by atoms with E-state index in [0.717, 1.165) is 17.7 Å². The molecule has 0 unspecified atom stereocenters. The van der Waals surface area contributed by atoms with Crippen LogP contribution in [0.2, 0.25) is 5.02 Å². The van der Waals surface area contributed by atoms with Crippen molar-refractivity contribution in [3.05, 3.63) is 93.5 Å². The number of methoxy groups -OCH3 is 2. The van der Waals surface area contributed by atoms with Gasteiger partial charge in [-0.1, -0.05) is 29.8 Å². The number of benzene rings is 3. The lowest BCUT2D eigenvalue weighted by Gasteiger charge is -2.38. The lowest BCUT2D eigenvalue weighted by Crippen LogP contribution is -2.40. The van der Waals surface area contributed by atoms with E-state index in [1.54, 1.807) is 41.3 Å². The Bertz CT molecular complexity index is 1200. The van der Waals surface area contributed by atoms with E-state index in [9.17, 15) is 18.0 Å². The number of carbonyl (C=O) groups is 1. The fourth-order valence-electron chi connectivity index (χ4n) is 4.20. The van der Waals surface area contributed by atoms with Gasteiger partial charge in [-0.05, 0) is 65.6 Å². The summed E-state index contributed by atoms with van der Waals surface area (Å²) in [5.74, 6) is 0.638. The predicted octanol–water partition coefficient (Wildman–Crippen LogP) is 6.16. The molecular formula is C25H21ClF3NO3. The number of carbonyl (C=O) groups excluding carboxylic acids is 1. The Labute approximate surface area is 194 Å². The third-order valence-corrected chi connectivity index (χ3v) is 5.97. The van der Waals surface area contributed by atoms with E-state index in [0.29, 0.717) is 46.2 Å². The quantitative estimate of drug-likeness (QED) is 0.453. The van der Waals surface area contributed by atoms with E-state index in [-0.39, 0.29) is 5.91 Å². The van der Waals surface area contributed by atoms with Gasteiger partial charge in [-0.25, -0.2) is 0 Å². The van der Waals surface area contributed by atoms with Crippen LogP contribution in [-0.2, 0) is 12.6 Å². The van der Waals surface area contributed by atoms with Crippen LogP contribution in [0.25, 0.3) is 0 Å². The van der Waals surface area contributed by atoms with Crippen LogP contribution in [0.3, 0.4) is 0 Å². The minimum atomic E-state index is -4.51. The van der Waals surface area contributed by atoms with Crippen LogP contribution in [0, 0.1) is 0 Å². The second-order valence-corrected chi connectivity index (χ2v) is 8.13. The van der Waals surface area contributed by atoms with E-state index in [1.807, 2.05) is 6.07 Å². The van der Waals surface area contributed by atoms with Gasteiger partial charge >= 0.3 is 6.18 Å². The van der Waals surface area contributed by atoms with Crippen LogP contribution in [0.15, 0.2) is 60.7 Å². The highest BCUT2D eigenvalue weighted by Gasteiger charge is 2.36. The summed E-state index contributed by atoms with van der Waals surface area (Å²) in [6.07, 6.45) is -4.00. The zero-order valence-corrected chi connectivity index (χ0v) is 18.7. The third-order valence-electron chi connectivity index (χ3n) is 5.74. The second kappa shape index (κ2) is 8.98.